The topological polar surface area (TPSA) is 67.0 Å². The minimum absolute atomic E-state index is 0.0287. The number of nitrogens with zero attached hydrogens (tertiary/aromatic N) is 1. The van der Waals surface area contributed by atoms with Gasteiger partial charge in [0.1, 0.15) is 5.75 Å². The highest BCUT2D eigenvalue weighted by Crippen LogP contribution is 2.50. The number of imidazole rings is 1. The number of amides is 1. The number of carbonyl (C=O) groups is 1. The van der Waals surface area contributed by atoms with E-state index in [1.807, 2.05) is 13.1 Å². The summed E-state index contributed by atoms with van der Waals surface area (Å²) in [6.07, 6.45) is 3.95. The molecule has 1 amide bonds. The van der Waals surface area contributed by atoms with Crippen molar-refractivity contribution in [2.45, 2.75) is 66.7 Å². The maximum Gasteiger partial charge on any atom is 0.224 e. The van der Waals surface area contributed by atoms with Gasteiger partial charge in [-0.05, 0) is 47.4 Å². The van der Waals surface area contributed by atoms with Crippen molar-refractivity contribution in [3.05, 3.63) is 64.6 Å². The fourth-order valence-corrected chi connectivity index (χ4v) is 4.78. The van der Waals surface area contributed by atoms with Crippen LogP contribution in [0.5, 0.6) is 5.75 Å². The van der Waals surface area contributed by atoms with Crippen molar-refractivity contribution in [2.24, 2.45) is 5.41 Å². The highest BCUT2D eigenvalue weighted by Gasteiger charge is 2.34. The molecular formula is C28H35N3O2. The van der Waals surface area contributed by atoms with Crippen LogP contribution in [0.15, 0.2) is 36.8 Å². The predicted octanol–water partition coefficient (Wildman–Crippen LogP) is 6.72. The number of anilines is 1. The van der Waals surface area contributed by atoms with E-state index in [0.29, 0.717) is 18.9 Å². The first-order chi connectivity index (χ1) is 15.6. The zero-order valence-electron chi connectivity index (χ0n) is 20.8. The van der Waals surface area contributed by atoms with E-state index in [2.05, 4.69) is 81.1 Å². The summed E-state index contributed by atoms with van der Waals surface area (Å²) >= 11 is 0. The zero-order valence-corrected chi connectivity index (χ0v) is 20.8. The lowest BCUT2D eigenvalue weighted by Crippen LogP contribution is -2.21. The SMILES string of the molecule is Cc1c(NC(=O)CC(C)(C)C)c(C)c2c(c1-c1cnc[nH]1)OCC2c1ccc(C(C)C)cc1. The van der Waals surface area contributed by atoms with E-state index in [-0.39, 0.29) is 17.2 Å². The molecule has 1 aliphatic rings. The molecule has 4 rings (SSSR count). The van der Waals surface area contributed by atoms with Crippen LogP contribution in [0.1, 0.15) is 80.7 Å². The van der Waals surface area contributed by atoms with Crippen LogP contribution >= 0.6 is 0 Å². The van der Waals surface area contributed by atoms with Crippen molar-refractivity contribution >= 4 is 11.6 Å². The number of nitrogens with one attached hydrogen (secondary N) is 2. The third-order valence-electron chi connectivity index (χ3n) is 6.47. The van der Waals surface area contributed by atoms with Gasteiger partial charge < -0.3 is 15.0 Å². The van der Waals surface area contributed by atoms with Gasteiger partial charge in [0, 0.05) is 29.2 Å². The van der Waals surface area contributed by atoms with Crippen LogP contribution in [-0.4, -0.2) is 22.5 Å². The summed E-state index contributed by atoms with van der Waals surface area (Å²) in [7, 11) is 0. The number of hydrogen-bond acceptors (Lipinski definition) is 3. The molecule has 5 nitrogen and oxygen atoms in total. The Bertz CT molecular complexity index is 1150. The maximum atomic E-state index is 12.9. The van der Waals surface area contributed by atoms with Crippen LogP contribution in [-0.2, 0) is 4.79 Å². The molecule has 3 aromatic rings. The first-order valence-electron chi connectivity index (χ1n) is 11.7. The molecule has 0 fully saturated rings. The molecule has 2 heterocycles. The standard InChI is InChI=1S/C28H35N3O2/c1-16(2)19-8-10-20(11-9-19)21-14-33-27-24(21)17(3)26(31-23(32)12-28(5,6)7)18(4)25(27)22-13-29-15-30-22/h8-11,13,15-16,21H,12,14H2,1-7H3,(H,29,30)(H,31,32). The molecule has 174 valence electrons. The fourth-order valence-electron chi connectivity index (χ4n) is 4.78. The van der Waals surface area contributed by atoms with Gasteiger partial charge in [-0.1, -0.05) is 58.9 Å². The second-order valence-electron chi connectivity index (χ2n) is 10.7. The molecule has 0 saturated carbocycles. The Morgan fingerprint density at radius 1 is 1.18 bits per heavy atom. The van der Waals surface area contributed by atoms with E-state index in [4.69, 9.17) is 4.74 Å². The molecule has 0 aliphatic carbocycles. The van der Waals surface area contributed by atoms with Crippen molar-refractivity contribution in [1.29, 1.82) is 0 Å². The van der Waals surface area contributed by atoms with Gasteiger partial charge in [0.2, 0.25) is 5.91 Å². The van der Waals surface area contributed by atoms with Gasteiger partial charge >= 0.3 is 0 Å². The zero-order chi connectivity index (χ0) is 23.9. The molecule has 1 unspecified atom stereocenters. The van der Waals surface area contributed by atoms with Crippen molar-refractivity contribution in [3.63, 3.8) is 0 Å². The summed E-state index contributed by atoms with van der Waals surface area (Å²) in [4.78, 5) is 20.4. The van der Waals surface area contributed by atoms with E-state index in [0.717, 1.165) is 39.4 Å². The minimum Gasteiger partial charge on any atom is -0.492 e. The van der Waals surface area contributed by atoms with Gasteiger partial charge in [0.05, 0.1) is 24.8 Å². The van der Waals surface area contributed by atoms with Gasteiger partial charge in [-0.3, -0.25) is 4.79 Å². The lowest BCUT2D eigenvalue weighted by atomic mass is 9.84. The average Bonchev–Trinajstić information content (AvgIpc) is 3.41. The van der Waals surface area contributed by atoms with Crippen LogP contribution in [0.2, 0.25) is 0 Å². The van der Waals surface area contributed by atoms with Crippen molar-refractivity contribution in [1.82, 2.24) is 9.97 Å². The maximum absolute atomic E-state index is 12.9. The summed E-state index contributed by atoms with van der Waals surface area (Å²) in [6.45, 7) is 15.4. The summed E-state index contributed by atoms with van der Waals surface area (Å²) in [5, 5.41) is 3.23. The Labute approximate surface area is 197 Å². The summed E-state index contributed by atoms with van der Waals surface area (Å²) in [6, 6.07) is 8.85. The average molecular weight is 446 g/mol. The van der Waals surface area contributed by atoms with E-state index >= 15 is 0 Å². The minimum atomic E-state index is -0.0847. The van der Waals surface area contributed by atoms with Crippen LogP contribution in [0.3, 0.4) is 0 Å². The number of aromatic amines is 1. The Hall–Kier alpha value is -3.08. The molecule has 0 bridgehead atoms. The molecule has 2 N–H and O–H groups in total. The monoisotopic (exact) mass is 445 g/mol. The number of hydrogen-bond donors (Lipinski definition) is 2. The largest absolute Gasteiger partial charge is 0.492 e. The van der Waals surface area contributed by atoms with Crippen LogP contribution in [0.4, 0.5) is 5.69 Å². The normalized spacial score (nSPS) is 15.5. The smallest absolute Gasteiger partial charge is 0.224 e. The Kier molecular flexibility index (Phi) is 6.08. The predicted molar refractivity (Wildman–Crippen MR) is 134 cm³/mol. The van der Waals surface area contributed by atoms with E-state index in [1.54, 1.807) is 6.33 Å². The molecule has 2 aromatic carbocycles. The van der Waals surface area contributed by atoms with Gasteiger partial charge in [-0.15, -0.1) is 0 Å². The Balaban J connectivity index is 1.84. The highest BCUT2D eigenvalue weighted by molar-refractivity contribution is 5.96. The number of ether oxygens (including phenoxy) is 1. The molecule has 1 atom stereocenters. The second-order valence-corrected chi connectivity index (χ2v) is 10.7. The molecular weight excluding hydrogens is 410 g/mol. The van der Waals surface area contributed by atoms with Crippen LogP contribution in [0.25, 0.3) is 11.3 Å². The number of fused-ring (bicyclic) bond motifs is 1. The van der Waals surface area contributed by atoms with Gasteiger partial charge in [0.25, 0.3) is 0 Å². The van der Waals surface area contributed by atoms with Crippen LogP contribution in [0, 0.1) is 19.3 Å². The molecule has 0 radical (unpaired) electrons. The molecule has 0 spiro atoms. The second kappa shape index (κ2) is 8.69. The number of benzene rings is 2. The first-order valence-corrected chi connectivity index (χ1v) is 11.7. The van der Waals surface area contributed by atoms with Crippen molar-refractivity contribution < 1.29 is 9.53 Å². The van der Waals surface area contributed by atoms with Gasteiger partial charge in [0.15, 0.2) is 0 Å². The van der Waals surface area contributed by atoms with Crippen molar-refractivity contribution in [3.8, 4) is 17.0 Å². The van der Waals surface area contributed by atoms with E-state index < -0.39 is 0 Å². The van der Waals surface area contributed by atoms with Gasteiger partial charge in [-0.2, -0.15) is 0 Å². The van der Waals surface area contributed by atoms with Gasteiger partial charge in [-0.25, -0.2) is 4.98 Å². The third-order valence-corrected chi connectivity index (χ3v) is 6.47. The summed E-state index contributed by atoms with van der Waals surface area (Å²) < 4.78 is 6.34. The quantitative estimate of drug-likeness (QED) is 0.458. The molecule has 5 heteroatoms. The number of H-pyrrole nitrogens is 1. The van der Waals surface area contributed by atoms with Crippen molar-refractivity contribution in [2.75, 3.05) is 11.9 Å². The van der Waals surface area contributed by atoms with Crippen LogP contribution < -0.4 is 10.1 Å². The van der Waals surface area contributed by atoms with E-state index in [9.17, 15) is 4.79 Å². The lowest BCUT2D eigenvalue weighted by molar-refractivity contribution is -0.117. The fraction of sp³-hybridized carbons (Fsp3) is 0.429. The Morgan fingerprint density at radius 2 is 1.88 bits per heavy atom. The molecule has 1 aliphatic heterocycles. The molecule has 0 saturated heterocycles. The Morgan fingerprint density at radius 3 is 2.45 bits per heavy atom. The summed E-state index contributed by atoms with van der Waals surface area (Å²) in [5.74, 6) is 1.52. The highest BCUT2D eigenvalue weighted by atomic mass is 16.5. The third kappa shape index (κ3) is 4.54. The lowest BCUT2D eigenvalue weighted by Gasteiger charge is -2.23. The molecule has 1 aromatic heterocycles. The number of rotatable bonds is 5. The number of aromatic nitrogens is 2. The first kappa shape index (κ1) is 23.1. The van der Waals surface area contributed by atoms with E-state index in [1.165, 1.54) is 11.1 Å². The molecule has 33 heavy (non-hydrogen) atoms. The number of carbonyl (C=O) groups excluding carboxylic acids is 1. The summed E-state index contributed by atoms with van der Waals surface area (Å²) in [5.41, 5.74) is 8.43.